The van der Waals surface area contributed by atoms with Gasteiger partial charge in [0.2, 0.25) is 5.78 Å². The van der Waals surface area contributed by atoms with E-state index in [0.717, 1.165) is 0 Å². The number of hydrogen-bond acceptors (Lipinski definition) is 4. The molecule has 0 aliphatic carbocycles. The predicted octanol–water partition coefficient (Wildman–Crippen LogP) is 4.08. The predicted molar refractivity (Wildman–Crippen MR) is 138 cm³/mol. The minimum absolute atomic E-state index is 0.00590. The van der Waals surface area contributed by atoms with Gasteiger partial charge >= 0.3 is 5.69 Å². The van der Waals surface area contributed by atoms with Gasteiger partial charge in [0.25, 0.3) is 11.5 Å². The van der Waals surface area contributed by atoms with Crippen molar-refractivity contribution >= 4 is 34.2 Å². The van der Waals surface area contributed by atoms with E-state index in [1.165, 1.54) is 31.8 Å². The quantitative estimate of drug-likeness (QED) is 0.384. The fourth-order valence-electron chi connectivity index (χ4n) is 3.96. The van der Waals surface area contributed by atoms with Crippen LogP contribution in [-0.2, 0) is 13.1 Å². The number of amides is 1. The monoisotopic (exact) mass is 513 g/mol. The molecule has 4 aromatic rings. The second kappa shape index (κ2) is 10.3. The first-order valence-corrected chi connectivity index (χ1v) is 12.3. The molecule has 2 aromatic carbocycles. The van der Waals surface area contributed by atoms with Crippen molar-refractivity contribution in [3.8, 4) is 0 Å². The summed E-state index contributed by atoms with van der Waals surface area (Å²) in [5, 5.41) is 7.81. The Kier molecular flexibility index (Phi) is 7.31. The molecule has 0 fully saturated rings. The summed E-state index contributed by atoms with van der Waals surface area (Å²) in [6.45, 7) is 8.95. The van der Waals surface area contributed by atoms with Crippen LogP contribution in [0.4, 0.5) is 4.39 Å². The average molecular weight is 514 g/mol. The first-order valence-electron chi connectivity index (χ1n) is 11.9. The topological polar surface area (TPSA) is 90.4 Å². The maximum absolute atomic E-state index is 13.6. The number of carbonyl (C=O) groups excluding carboxylic acids is 1. The van der Waals surface area contributed by atoms with Gasteiger partial charge in [-0.1, -0.05) is 45.4 Å². The number of benzene rings is 2. The second-order valence-electron chi connectivity index (χ2n) is 9.79. The van der Waals surface area contributed by atoms with Crippen LogP contribution in [-0.4, -0.2) is 31.2 Å². The minimum Gasteiger partial charge on any atom is -0.352 e. The molecule has 2 heterocycles. The smallest absolute Gasteiger partial charge is 0.352 e. The van der Waals surface area contributed by atoms with Crippen LogP contribution in [0, 0.1) is 17.7 Å². The van der Waals surface area contributed by atoms with Crippen molar-refractivity contribution in [2.75, 3.05) is 6.54 Å². The van der Waals surface area contributed by atoms with Gasteiger partial charge in [-0.3, -0.25) is 14.2 Å². The zero-order valence-electron chi connectivity index (χ0n) is 20.7. The van der Waals surface area contributed by atoms with E-state index in [0.29, 0.717) is 47.5 Å². The number of nitrogens with zero attached hydrogens (tertiary/aromatic N) is 4. The Labute approximate surface area is 212 Å². The highest BCUT2D eigenvalue weighted by Gasteiger charge is 2.20. The fraction of sp³-hybridized carbons (Fsp3) is 0.385. The van der Waals surface area contributed by atoms with Crippen molar-refractivity contribution in [3.05, 3.63) is 79.2 Å². The maximum Gasteiger partial charge on any atom is 0.352 e. The highest BCUT2D eigenvalue weighted by Crippen LogP contribution is 2.19. The molecule has 0 saturated carbocycles. The molecule has 0 aliphatic heterocycles. The van der Waals surface area contributed by atoms with Crippen LogP contribution >= 0.6 is 11.6 Å². The SMILES string of the molecule is CC(C)CCn1c(=O)c2ccc(C(=O)NCC(C)C)cc2n2c(=O)n(Cc3ccc(F)cc3Cl)nc12. The number of rotatable bonds is 8. The van der Waals surface area contributed by atoms with E-state index in [2.05, 4.69) is 10.4 Å². The molecule has 8 nitrogen and oxygen atoms in total. The number of aryl methyl sites for hydroxylation is 1. The molecule has 0 bridgehead atoms. The van der Waals surface area contributed by atoms with E-state index in [4.69, 9.17) is 11.6 Å². The summed E-state index contributed by atoms with van der Waals surface area (Å²) in [5.74, 6) is 0.000184. The van der Waals surface area contributed by atoms with E-state index >= 15 is 0 Å². The highest BCUT2D eigenvalue weighted by molar-refractivity contribution is 6.31. The summed E-state index contributed by atoms with van der Waals surface area (Å²) in [6.07, 6.45) is 0.710. The number of hydrogen-bond donors (Lipinski definition) is 1. The zero-order chi connectivity index (χ0) is 26.1. The number of fused-ring (bicyclic) bond motifs is 3. The summed E-state index contributed by atoms with van der Waals surface area (Å²) in [5.41, 5.74) is 0.370. The number of carbonyl (C=O) groups is 1. The number of aromatic nitrogens is 4. The molecular formula is C26H29ClFN5O3. The molecular weight excluding hydrogens is 485 g/mol. The third-order valence-corrected chi connectivity index (χ3v) is 6.33. The first kappa shape index (κ1) is 25.6. The Morgan fingerprint density at radius 2 is 1.83 bits per heavy atom. The number of nitrogens with one attached hydrogen (secondary N) is 1. The number of halogens is 2. The summed E-state index contributed by atoms with van der Waals surface area (Å²) in [6, 6.07) is 8.64. The van der Waals surface area contributed by atoms with Gasteiger partial charge in [0.1, 0.15) is 5.82 Å². The van der Waals surface area contributed by atoms with Gasteiger partial charge in [-0.15, -0.1) is 5.10 Å². The van der Waals surface area contributed by atoms with Crippen LogP contribution in [0.25, 0.3) is 16.7 Å². The summed E-state index contributed by atoms with van der Waals surface area (Å²) < 4.78 is 17.6. The minimum atomic E-state index is -0.492. The van der Waals surface area contributed by atoms with Gasteiger partial charge < -0.3 is 5.32 Å². The molecule has 1 N–H and O–H groups in total. The fourth-order valence-corrected chi connectivity index (χ4v) is 4.19. The van der Waals surface area contributed by atoms with Crippen molar-refractivity contribution in [1.82, 2.24) is 24.1 Å². The maximum atomic E-state index is 13.6. The molecule has 2 aromatic heterocycles. The molecule has 190 valence electrons. The Morgan fingerprint density at radius 1 is 1.08 bits per heavy atom. The lowest BCUT2D eigenvalue weighted by molar-refractivity contribution is 0.0949. The van der Waals surface area contributed by atoms with E-state index < -0.39 is 11.5 Å². The molecule has 1 amide bonds. The van der Waals surface area contributed by atoms with Crippen molar-refractivity contribution in [1.29, 1.82) is 0 Å². The molecule has 0 unspecified atom stereocenters. The molecule has 0 spiro atoms. The molecule has 0 atom stereocenters. The van der Waals surface area contributed by atoms with Gasteiger partial charge in [-0.05, 0) is 54.2 Å². The average Bonchev–Trinajstić information content (AvgIpc) is 3.14. The van der Waals surface area contributed by atoms with Gasteiger partial charge in [0.15, 0.2) is 0 Å². The van der Waals surface area contributed by atoms with Crippen LogP contribution in [0.1, 0.15) is 50.0 Å². The summed E-state index contributed by atoms with van der Waals surface area (Å²) in [7, 11) is 0. The largest absolute Gasteiger partial charge is 0.352 e. The van der Waals surface area contributed by atoms with Crippen LogP contribution < -0.4 is 16.6 Å². The molecule has 0 radical (unpaired) electrons. The van der Waals surface area contributed by atoms with Crippen molar-refractivity contribution in [2.45, 2.75) is 47.2 Å². The van der Waals surface area contributed by atoms with E-state index in [-0.39, 0.29) is 34.7 Å². The Balaban J connectivity index is 1.92. The standard InChI is InChI=1S/C26H29ClFN5O3/c1-15(2)9-10-31-24(35)20-8-6-17(23(34)29-13-16(3)4)11-22(20)33-25(31)30-32(26(33)36)14-18-5-7-19(28)12-21(18)27/h5-8,11-12,15-16H,9-10,13-14H2,1-4H3,(H,29,34). The second-order valence-corrected chi connectivity index (χ2v) is 10.2. The van der Waals surface area contributed by atoms with Crippen molar-refractivity contribution < 1.29 is 9.18 Å². The van der Waals surface area contributed by atoms with Crippen LogP contribution in [0.15, 0.2) is 46.0 Å². The lowest BCUT2D eigenvalue weighted by Crippen LogP contribution is -2.29. The van der Waals surface area contributed by atoms with E-state index in [1.54, 1.807) is 18.2 Å². The Hall–Kier alpha value is -3.46. The molecule has 10 heteroatoms. The van der Waals surface area contributed by atoms with Crippen LogP contribution in [0.5, 0.6) is 0 Å². The van der Waals surface area contributed by atoms with Crippen molar-refractivity contribution in [2.24, 2.45) is 11.8 Å². The lowest BCUT2D eigenvalue weighted by Gasteiger charge is -2.12. The third-order valence-electron chi connectivity index (χ3n) is 5.98. The van der Waals surface area contributed by atoms with E-state index in [1.807, 2.05) is 27.7 Å². The van der Waals surface area contributed by atoms with Crippen LogP contribution in [0.2, 0.25) is 5.02 Å². The molecule has 0 aliphatic rings. The summed E-state index contributed by atoms with van der Waals surface area (Å²) >= 11 is 6.18. The van der Waals surface area contributed by atoms with Crippen LogP contribution in [0.3, 0.4) is 0 Å². The van der Waals surface area contributed by atoms with E-state index in [9.17, 15) is 18.8 Å². The lowest BCUT2D eigenvalue weighted by atomic mass is 10.1. The third kappa shape index (κ3) is 5.06. The normalized spacial score (nSPS) is 11.8. The molecule has 36 heavy (non-hydrogen) atoms. The highest BCUT2D eigenvalue weighted by atomic mass is 35.5. The van der Waals surface area contributed by atoms with Gasteiger partial charge in [0.05, 0.1) is 17.4 Å². The summed E-state index contributed by atoms with van der Waals surface area (Å²) in [4.78, 5) is 39.7. The Morgan fingerprint density at radius 3 is 2.50 bits per heavy atom. The zero-order valence-corrected chi connectivity index (χ0v) is 21.5. The first-order chi connectivity index (χ1) is 17.1. The Bertz CT molecular complexity index is 1570. The van der Waals surface area contributed by atoms with Crippen molar-refractivity contribution in [3.63, 3.8) is 0 Å². The van der Waals surface area contributed by atoms with Gasteiger partial charge in [-0.2, -0.15) is 0 Å². The van der Waals surface area contributed by atoms with Gasteiger partial charge in [-0.25, -0.2) is 18.3 Å². The molecule has 0 saturated heterocycles. The molecule has 4 rings (SSSR count). The van der Waals surface area contributed by atoms with Gasteiger partial charge in [0, 0.05) is 23.7 Å².